The largest absolute Gasteiger partial charge is 0.337 e. The lowest BCUT2D eigenvalue weighted by molar-refractivity contribution is 0.238. The molecule has 2 amide bonds. The molecular weight excluding hydrogens is 406 g/mol. The molecule has 0 aliphatic heterocycles. The number of urea groups is 1. The summed E-state index contributed by atoms with van der Waals surface area (Å²) < 4.78 is 26.5. The Morgan fingerprint density at radius 1 is 1.03 bits per heavy atom. The second kappa shape index (κ2) is 11.2. The van der Waals surface area contributed by atoms with E-state index in [0.717, 1.165) is 11.3 Å². The lowest BCUT2D eigenvalue weighted by Gasteiger charge is -2.19. The second-order valence-electron chi connectivity index (χ2n) is 6.44. The van der Waals surface area contributed by atoms with E-state index in [0.29, 0.717) is 19.6 Å². The van der Waals surface area contributed by atoms with Gasteiger partial charge in [-0.1, -0.05) is 44.2 Å². The van der Waals surface area contributed by atoms with Crippen LogP contribution >= 0.6 is 11.8 Å². The molecule has 29 heavy (non-hydrogen) atoms. The van der Waals surface area contributed by atoms with Crippen molar-refractivity contribution in [2.75, 3.05) is 25.4 Å². The van der Waals surface area contributed by atoms with Gasteiger partial charge in [-0.15, -0.1) is 11.8 Å². The number of sulfonamides is 1. The number of nitrogens with zero attached hydrogens (tertiary/aromatic N) is 1. The first-order valence-corrected chi connectivity index (χ1v) is 12.1. The molecule has 0 aromatic heterocycles. The molecule has 0 heterocycles. The highest BCUT2D eigenvalue weighted by Gasteiger charge is 2.21. The summed E-state index contributed by atoms with van der Waals surface area (Å²) in [5, 5.41) is 5.72. The van der Waals surface area contributed by atoms with Crippen LogP contribution in [0.3, 0.4) is 0 Å². The predicted molar refractivity (Wildman–Crippen MR) is 119 cm³/mol. The summed E-state index contributed by atoms with van der Waals surface area (Å²) >= 11 is 1.68. The lowest BCUT2D eigenvalue weighted by atomic mass is 10.1. The van der Waals surface area contributed by atoms with Gasteiger partial charge < -0.3 is 10.6 Å². The molecule has 0 radical (unpaired) electrons. The van der Waals surface area contributed by atoms with Gasteiger partial charge >= 0.3 is 6.03 Å². The first-order valence-electron chi connectivity index (χ1n) is 9.70. The summed E-state index contributed by atoms with van der Waals surface area (Å²) in [6, 6.07) is 16.2. The Bertz CT molecular complexity index is 868. The molecular formula is C21H29N3O3S2. The van der Waals surface area contributed by atoms with Crippen molar-refractivity contribution in [1.29, 1.82) is 0 Å². The summed E-state index contributed by atoms with van der Waals surface area (Å²) in [4.78, 5) is 13.5. The molecule has 0 aliphatic rings. The van der Waals surface area contributed by atoms with Crippen LogP contribution in [0.2, 0.25) is 0 Å². The van der Waals surface area contributed by atoms with E-state index < -0.39 is 10.0 Å². The third-order valence-electron chi connectivity index (χ3n) is 4.47. The summed E-state index contributed by atoms with van der Waals surface area (Å²) in [5.41, 5.74) is 0.845. The van der Waals surface area contributed by atoms with E-state index in [1.807, 2.05) is 51.1 Å². The normalized spacial score (nSPS) is 12.6. The molecule has 0 bridgehead atoms. The highest BCUT2D eigenvalue weighted by atomic mass is 32.2. The van der Waals surface area contributed by atoms with Crippen molar-refractivity contribution in [3.05, 3.63) is 60.2 Å². The molecule has 2 N–H and O–H groups in total. The number of hydrogen-bond donors (Lipinski definition) is 2. The SMILES string of the molecule is CCN(CC)S(=O)(=O)c1ccc(C(C)NC(=O)NCCSc2ccccc2)cc1. The Balaban J connectivity index is 1.83. The van der Waals surface area contributed by atoms with Crippen LogP contribution in [0, 0.1) is 0 Å². The maximum Gasteiger partial charge on any atom is 0.315 e. The van der Waals surface area contributed by atoms with Gasteiger partial charge in [0.15, 0.2) is 0 Å². The van der Waals surface area contributed by atoms with Gasteiger partial charge in [-0.25, -0.2) is 13.2 Å². The quantitative estimate of drug-likeness (QED) is 0.439. The molecule has 6 nitrogen and oxygen atoms in total. The Morgan fingerprint density at radius 3 is 2.24 bits per heavy atom. The van der Waals surface area contributed by atoms with E-state index in [4.69, 9.17) is 0 Å². The number of amides is 2. The number of carbonyl (C=O) groups is 1. The maximum atomic E-state index is 12.5. The van der Waals surface area contributed by atoms with Gasteiger partial charge in [0.05, 0.1) is 10.9 Å². The molecule has 0 fully saturated rings. The van der Waals surface area contributed by atoms with Gasteiger partial charge in [0.1, 0.15) is 0 Å². The minimum absolute atomic E-state index is 0.234. The van der Waals surface area contributed by atoms with Gasteiger partial charge in [0, 0.05) is 30.3 Å². The van der Waals surface area contributed by atoms with Crippen molar-refractivity contribution in [2.24, 2.45) is 0 Å². The fraction of sp³-hybridized carbons (Fsp3) is 0.381. The minimum atomic E-state index is -3.47. The molecule has 158 valence electrons. The van der Waals surface area contributed by atoms with E-state index in [2.05, 4.69) is 10.6 Å². The van der Waals surface area contributed by atoms with E-state index in [1.54, 1.807) is 36.0 Å². The molecule has 0 saturated heterocycles. The summed E-state index contributed by atoms with van der Waals surface area (Å²) in [6.07, 6.45) is 0. The van der Waals surface area contributed by atoms with E-state index in [9.17, 15) is 13.2 Å². The van der Waals surface area contributed by atoms with Gasteiger partial charge in [-0.3, -0.25) is 0 Å². The molecule has 0 spiro atoms. The van der Waals surface area contributed by atoms with Crippen LogP contribution in [0.25, 0.3) is 0 Å². The molecule has 2 rings (SSSR count). The van der Waals surface area contributed by atoms with Gasteiger partial charge in [-0.2, -0.15) is 4.31 Å². The fourth-order valence-corrected chi connectivity index (χ4v) is 5.07. The molecule has 8 heteroatoms. The molecule has 0 saturated carbocycles. The van der Waals surface area contributed by atoms with Crippen LogP contribution in [-0.4, -0.2) is 44.1 Å². The highest BCUT2D eigenvalue weighted by Crippen LogP contribution is 2.19. The zero-order valence-corrected chi connectivity index (χ0v) is 18.7. The van der Waals surface area contributed by atoms with E-state index in [1.165, 1.54) is 9.20 Å². The van der Waals surface area contributed by atoms with E-state index >= 15 is 0 Å². The minimum Gasteiger partial charge on any atom is -0.337 e. The third kappa shape index (κ3) is 6.76. The molecule has 1 atom stereocenters. The number of carbonyl (C=O) groups excluding carboxylic acids is 1. The van der Waals surface area contributed by atoms with E-state index in [-0.39, 0.29) is 17.0 Å². The van der Waals surface area contributed by atoms with Crippen LogP contribution in [0.5, 0.6) is 0 Å². The van der Waals surface area contributed by atoms with Crippen LogP contribution in [0.1, 0.15) is 32.4 Å². The first kappa shape index (κ1) is 23.3. The van der Waals surface area contributed by atoms with Gasteiger partial charge in [-0.05, 0) is 36.8 Å². The summed E-state index contributed by atoms with van der Waals surface area (Å²) in [7, 11) is -3.47. The fourth-order valence-electron chi connectivity index (χ4n) is 2.82. The number of nitrogens with one attached hydrogen (secondary N) is 2. The number of thioether (sulfide) groups is 1. The standard InChI is InChI=1S/C21H29N3O3S2/c1-4-24(5-2)29(26,27)20-13-11-18(12-14-20)17(3)23-21(25)22-15-16-28-19-9-7-6-8-10-19/h6-14,17H,4-5,15-16H2,1-3H3,(H2,22,23,25). The second-order valence-corrected chi connectivity index (χ2v) is 9.55. The van der Waals surface area contributed by atoms with Crippen molar-refractivity contribution >= 4 is 27.8 Å². The van der Waals surface area contributed by atoms with Crippen molar-refractivity contribution in [1.82, 2.24) is 14.9 Å². The lowest BCUT2D eigenvalue weighted by Crippen LogP contribution is -2.38. The summed E-state index contributed by atoms with van der Waals surface area (Å²) in [6.45, 7) is 6.92. The molecule has 2 aromatic rings. The van der Waals surface area contributed by atoms with Crippen molar-refractivity contribution in [3.8, 4) is 0 Å². The number of benzene rings is 2. The van der Waals surface area contributed by atoms with Crippen LogP contribution in [0.4, 0.5) is 4.79 Å². The smallest absolute Gasteiger partial charge is 0.315 e. The number of rotatable bonds is 10. The topological polar surface area (TPSA) is 78.5 Å². The Hall–Kier alpha value is -2.03. The Morgan fingerprint density at radius 2 is 1.66 bits per heavy atom. The Kier molecular flexibility index (Phi) is 9.00. The van der Waals surface area contributed by atoms with Crippen LogP contribution < -0.4 is 10.6 Å². The average molecular weight is 436 g/mol. The van der Waals surface area contributed by atoms with Crippen LogP contribution in [-0.2, 0) is 10.0 Å². The van der Waals surface area contributed by atoms with Crippen molar-refractivity contribution in [2.45, 2.75) is 36.6 Å². The third-order valence-corrected chi connectivity index (χ3v) is 7.55. The Labute approximate surface area is 178 Å². The van der Waals surface area contributed by atoms with Gasteiger partial charge in [0.2, 0.25) is 10.0 Å². The van der Waals surface area contributed by atoms with Gasteiger partial charge in [0.25, 0.3) is 0 Å². The zero-order chi connectivity index (χ0) is 21.3. The predicted octanol–water partition coefficient (Wildman–Crippen LogP) is 3.87. The van der Waals surface area contributed by atoms with Crippen molar-refractivity contribution in [3.63, 3.8) is 0 Å². The monoisotopic (exact) mass is 435 g/mol. The average Bonchev–Trinajstić information content (AvgIpc) is 2.72. The van der Waals surface area contributed by atoms with Crippen molar-refractivity contribution < 1.29 is 13.2 Å². The summed E-state index contributed by atoms with van der Waals surface area (Å²) in [5.74, 6) is 0.781. The molecule has 2 aromatic carbocycles. The first-order chi connectivity index (χ1) is 13.9. The maximum absolute atomic E-state index is 12.5. The number of hydrogen-bond acceptors (Lipinski definition) is 4. The highest BCUT2D eigenvalue weighted by molar-refractivity contribution is 7.99. The molecule has 1 unspecified atom stereocenters. The zero-order valence-electron chi connectivity index (χ0n) is 17.1. The molecule has 0 aliphatic carbocycles. The van der Waals surface area contributed by atoms with Crippen LogP contribution in [0.15, 0.2) is 64.4 Å².